The molecule has 0 radical (unpaired) electrons. The number of pyridine rings is 1. The molecule has 18 heavy (non-hydrogen) atoms. The molecule has 2 rings (SSSR count). The number of nitrogens with two attached hydrogens (primary N) is 1. The predicted molar refractivity (Wildman–Crippen MR) is 68.0 cm³/mol. The molecule has 0 aliphatic rings. The smallest absolute Gasteiger partial charge is 0.267 e. The molecule has 5 N–H and O–H groups in total. The van der Waals surface area contributed by atoms with Crippen LogP contribution in [0.4, 0.5) is 0 Å². The van der Waals surface area contributed by atoms with E-state index in [0.29, 0.717) is 6.54 Å². The third-order valence-electron chi connectivity index (χ3n) is 2.82. The third-order valence-corrected chi connectivity index (χ3v) is 2.82. The first-order valence-corrected chi connectivity index (χ1v) is 5.72. The Kier molecular flexibility index (Phi) is 3.59. The summed E-state index contributed by atoms with van der Waals surface area (Å²) in [6.45, 7) is 2.58. The van der Waals surface area contributed by atoms with Crippen LogP contribution in [0.3, 0.4) is 0 Å². The van der Waals surface area contributed by atoms with E-state index in [2.05, 4.69) is 15.3 Å². The van der Waals surface area contributed by atoms with Crippen LogP contribution in [0, 0.1) is 0 Å². The second-order valence-electron chi connectivity index (χ2n) is 4.26. The van der Waals surface area contributed by atoms with Crippen LogP contribution in [0.15, 0.2) is 18.5 Å². The maximum atomic E-state index is 11.1. The zero-order valence-electron chi connectivity index (χ0n) is 10.1. The standard InChI is InChI=1S/C12H16N4O2/c1-7(6-17)14-3-8-4-15-11-5-16-10(12(13)18)2-9(8)11/h2,4-5,7,14-15,17H,3,6H2,1H3,(H2,13,18). The van der Waals surface area contributed by atoms with Gasteiger partial charge in [-0.2, -0.15) is 0 Å². The minimum atomic E-state index is -0.541. The number of H-pyrrole nitrogens is 1. The summed E-state index contributed by atoms with van der Waals surface area (Å²) in [5.41, 5.74) is 7.32. The number of nitrogens with one attached hydrogen (secondary N) is 2. The summed E-state index contributed by atoms with van der Waals surface area (Å²) in [6, 6.07) is 1.70. The predicted octanol–water partition coefficient (Wildman–Crippen LogP) is 0.132. The average Bonchev–Trinajstić information content (AvgIpc) is 2.78. The van der Waals surface area contributed by atoms with Crippen molar-refractivity contribution in [2.75, 3.05) is 6.61 Å². The topological polar surface area (TPSA) is 104 Å². The second kappa shape index (κ2) is 5.16. The van der Waals surface area contributed by atoms with Crippen LogP contribution in [-0.2, 0) is 6.54 Å². The minimum Gasteiger partial charge on any atom is -0.395 e. The number of hydrogen-bond acceptors (Lipinski definition) is 4. The summed E-state index contributed by atoms with van der Waals surface area (Å²) in [5.74, 6) is -0.541. The van der Waals surface area contributed by atoms with E-state index in [0.717, 1.165) is 16.5 Å². The molecule has 0 fully saturated rings. The minimum absolute atomic E-state index is 0.0207. The third kappa shape index (κ3) is 2.49. The molecular formula is C12H16N4O2. The van der Waals surface area contributed by atoms with Gasteiger partial charge in [-0.25, -0.2) is 4.98 Å². The Morgan fingerprint density at radius 3 is 3.11 bits per heavy atom. The van der Waals surface area contributed by atoms with Crippen molar-refractivity contribution in [2.45, 2.75) is 19.5 Å². The maximum Gasteiger partial charge on any atom is 0.267 e. The normalized spacial score (nSPS) is 12.8. The maximum absolute atomic E-state index is 11.1. The van der Waals surface area contributed by atoms with E-state index in [1.807, 2.05) is 13.1 Å². The molecule has 0 aromatic carbocycles. The van der Waals surface area contributed by atoms with Crippen LogP contribution >= 0.6 is 0 Å². The number of hydrogen-bond donors (Lipinski definition) is 4. The molecule has 1 amide bonds. The van der Waals surface area contributed by atoms with Gasteiger partial charge in [0.25, 0.3) is 5.91 Å². The lowest BCUT2D eigenvalue weighted by Crippen LogP contribution is -2.28. The Morgan fingerprint density at radius 2 is 2.44 bits per heavy atom. The second-order valence-corrected chi connectivity index (χ2v) is 4.26. The van der Waals surface area contributed by atoms with Gasteiger partial charge in [0.2, 0.25) is 0 Å². The number of rotatable bonds is 5. The summed E-state index contributed by atoms with van der Waals surface area (Å²) in [5, 5.41) is 13.0. The Labute approximate surface area is 104 Å². The van der Waals surface area contributed by atoms with Crippen molar-refractivity contribution >= 4 is 16.8 Å². The van der Waals surface area contributed by atoms with Crippen molar-refractivity contribution < 1.29 is 9.90 Å². The van der Waals surface area contributed by atoms with Gasteiger partial charge >= 0.3 is 0 Å². The lowest BCUT2D eigenvalue weighted by Gasteiger charge is -2.09. The van der Waals surface area contributed by atoms with Crippen molar-refractivity contribution in [3.8, 4) is 0 Å². The molecule has 0 bridgehead atoms. The van der Waals surface area contributed by atoms with Gasteiger partial charge in [0.1, 0.15) is 5.69 Å². The number of fused-ring (bicyclic) bond motifs is 1. The molecule has 0 aliphatic heterocycles. The summed E-state index contributed by atoms with van der Waals surface area (Å²) < 4.78 is 0. The van der Waals surface area contributed by atoms with Gasteiger partial charge in [0.15, 0.2) is 0 Å². The zero-order chi connectivity index (χ0) is 13.1. The van der Waals surface area contributed by atoms with Crippen molar-refractivity contribution in [1.82, 2.24) is 15.3 Å². The van der Waals surface area contributed by atoms with Crippen molar-refractivity contribution in [3.63, 3.8) is 0 Å². The number of aromatic amines is 1. The Balaban J connectivity index is 2.28. The molecule has 0 spiro atoms. The highest BCUT2D eigenvalue weighted by Crippen LogP contribution is 2.18. The van der Waals surface area contributed by atoms with Gasteiger partial charge in [0, 0.05) is 24.2 Å². The molecule has 0 aliphatic carbocycles. The summed E-state index contributed by atoms with van der Waals surface area (Å²) in [4.78, 5) is 18.1. The van der Waals surface area contributed by atoms with E-state index in [-0.39, 0.29) is 18.3 Å². The lowest BCUT2D eigenvalue weighted by molar-refractivity contribution is 0.0996. The van der Waals surface area contributed by atoms with Gasteiger partial charge in [-0.3, -0.25) is 4.79 Å². The number of aliphatic hydroxyl groups is 1. The molecule has 2 heterocycles. The monoisotopic (exact) mass is 248 g/mol. The number of primary amides is 1. The van der Waals surface area contributed by atoms with E-state index in [4.69, 9.17) is 10.8 Å². The van der Waals surface area contributed by atoms with Gasteiger partial charge in [-0.1, -0.05) is 0 Å². The van der Waals surface area contributed by atoms with E-state index in [1.165, 1.54) is 0 Å². The Hall–Kier alpha value is -1.92. The molecule has 1 unspecified atom stereocenters. The summed E-state index contributed by atoms with van der Waals surface area (Å²) in [6.07, 6.45) is 3.45. The van der Waals surface area contributed by atoms with Crippen molar-refractivity contribution in [2.24, 2.45) is 5.73 Å². The fourth-order valence-electron chi connectivity index (χ4n) is 1.71. The van der Waals surface area contributed by atoms with Crippen molar-refractivity contribution in [1.29, 1.82) is 0 Å². The van der Waals surface area contributed by atoms with Gasteiger partial charge in [-0.05, 0) is 18.6 Å². The quantitative estimate of drug-likeness (QED) is 0.603. The fraction of sp³-hybridized carbons (Fsp3) is 0.333. The molecular weight excluding hydrogens is 232 g/mol. The van der Waals surface area contributed by atoms with Crippen molar-refractivity contribution in [3.05, 3.63) is 29.7 Å². The van der Waals surface area contributed by atoms with E-state index >= 15 is 0 Å². The van der Waals surface area contributed by atoms with Crippen LogP contribution < -0.4 is 11.1 Å². The van der Waals surface area contributed by atoms with Gasteiger partial charge in [-0.15, -0.1) is 0 Å². The van der Waals surface area contributed by atoms with Crippen LogP contribution in [0.1, 0.15) is 23.0 Å². The van der Waals surface area contributed by atoms with E-state index in [9.17, 15) is 4.79 Å². The number of nitrogens with zero attached hydrogens (tertiary/aromatic N) is 1. The molecule has 6 nitrogen and oxygen atoms in total. The molecule has 2 aromatic rings. The molecule has 0 saturated heterocycles. The number of aliphatic hydroxyl groups excluding tert-OH is 1. The zero-order valence-corrected chi connectivity index (χ0v) is 10.1. The molecule has 0 saturated carbocycles. The molecule has 96 valence electrons. The molecule has 6 heteroatoms. The molecule has 2 aromatic heterocycles. The SMILES string of the molecule is CC(CO)NCc1c[nH]c2cnc(C(N)=O)cc12. The van der Waals surface area contributed by atoms with Crippen LogP contribution in [0.25, 0.3) is 10.9 Å². The van der Waals surface area contributed by atoms with E-state index in [1.54, 1.807) is 12.3 Å². The summed E-state index contributed by atoms with van der Waals surface area (Å²) in [7, 11) is 0. The highest BCUT2D eigenvalue weighted by Gasteiger charge is 2.09. The highest BCUT2D eigenvalue weighted by atomic mass is 16.3. The van der Waals surface area contributed by atoms with Crippen LogP contribution in [0.5, 0.6) is 0 Å². The number of carbonyl (C=O) groups is 1. The average molecular weight is 248 g/mol. The summed E-state index contributed by atoms with van der Waals surface area (Å²) >= 11 is 0. The number of amides is 1. The highest BCUT2D eigenvalue weighted by molar-refractivity contribution is 5.95. The molecule has 1 atom stereocenters. The largest absolute Gasteiger partial charge is 0.395 e. The first kappa shape index (κ1) is 12.5. The Bertz CT molecular complexity index is 564. The van der Waals surface area contributed by atoms with Crippen LogP contribution in [-0.4, -0.2) is 33.6 Å². The lowest BCUT2D eigenvalue weighted by atomic mass is 10.1. The Morgan fingerprint density at radius 1 is 1.67 bits per heavy atom. The first-order valence-electron chi connectivity index (χ1n) is 5.72. The fourth-order valence-corrected chi connectivity index (χ4v) is 1.71. The van der Waals surface area contributed by atoms with Crippen LogP contribution in [0.2, 0.25) is 0 Å². The van der Waals surface area contributed by atoms with Gasteiger partial charge in [0.05, 0.1) is 18.3 Å². The number of carbonyl (C=O) groups excluding carboxylic acids is 1. The van der Waals surface area contributed by atoms with E-state index < -0.39 is 5.91 Å². The first-order chi connectivity index (χ1) is 8.61. The number of aromatic nitrogens is 2. The van der Waals surface area contributed by atoms with Gasteiger partial charge < -0.3 is 21.1 Å².